The number of aromatic nitrogens is 1. The highest BCUT2D eigenvalue weighted by atomic mass is 35.5. The molecule has 6 nitrogen and oxygen atoms in total. The van der Waals surface area contributed by atoms with Crippen molar-refractivity contribution in [2.24, 2.45) is 0 Å². The molecule has 1 amide bonds. The van der Waals surface area contributed by atoms with Gasteiger partial charge in [-0.2, -0.15) is 0 Å². The number of sulfonamides is 1. The third kappa shape index (κ3) is 3.73. The van der Waals surface area contributed by atoms with E-state index in [0.717, 1.165) is 10.2 Å². The van der Waals surface area contributed by atoms with Crippen LogP contribution in [0.25, 0.3) is 10.2 Å². The largest absolute Gasteiger partial charge is 0.324 e. The summed E-state index contributed by atoms with van der Waals surface area (Å²) in [5.41, 5.74) is 1.08. The van der Waals surface area contributed by atoms with Gasteiger partial charge in [0, 0.05) is 0 Å². The summed E-state index contributed by atoms with van der Waals surface area (Å²) in [6.45, 7) is 1.75. The number of thiazole rings is 1. The minimum atomic E-state index is -3.63. The molecule has 1 heterocycles. The van der Waals surface area contributed by atoms with Crippen molar-refractivity contribution in [3.8, 4) is 0 Å². The van der Waals surface area contributed by atoms with Gasteiger partial charge in [-0.1, -0.05) is 23.7 Å². The number of hydrogen-bond donors (Lipinski definition) is 2. The van der Waals surface area contributed by atoms with Gasteiger partial charge in [0.05, 0.1) is 31.7 Å². The molecule has 0 saturated heterocycles. The summed E-state index contributed by atoms with van der Waals surface area (Å²) in [5.74, 6) is -0.821. The zero-order chi connectivity index (χ0) is 18.9. The van der Waals surface area contributed by atoms with E-state index in [1.165, 1.54) is 36.6 Å². The Morgan fingerprint density at radius 3 is 2.65 bits per heavy atom. The van der Waals surface area contributed by atoms with Gasteiger partial charge in [0.15, 0.2) is 0 Å². The van der Waals surface area contributed by atoms with Crippen LogP contribution >= 0.6 is 22.9 Å². The number of hydrogen-bond acceptors (Lipinski definition) is 5. The average Bonchev–Trinajstić information content (AvgIpc) is 3.06. The van der Waals surface area contributed by atoms with E-state index in [0.29, 0.717) is 5.01 Å². The van der Waals surface area contributed by atoms with Crippen LogP contribution in [0.3, 0.4) is 0 Å². The molecule has 0 aliphatic carbocycles. The molecule has 9 heteroatoms. The Bertz CT molecular complexity index is 1050. The predicted octanol–water partition coefficient (Wildman–Crippen LogP) is 3.60. The zero-order valence-electron chi connectivity index (χ0n) is 14.0. The minimum absolute atomic E-state index is 0.0207. The van der Waals surface area contributed by atoms with Gasteiger partial charge in [-0.05, 0) is 44.3 Å². The first-order valence-electron chi connectivity index (χ1n) is 7.71. The number of nitrogens with one attached hydrogen (secondary N) is 2. The lowest BCUT2D eigenvalue weighted by Gasteiger charge is -2.12. The van der Waals surface area contributed by atoms with Gasteiger partial charge in [-0.25, -0.2) is 18.1 Å². The number of para-hydroxylation sites is 1. The van der Waals surface area contributed by atoms with E-state index in [-0.39, 0.29) is 21.5 Å². The van der Waals surface area contributed by atoms with Crippen molar-refractivity contribution < 1.29 is 13.2 Å². The molecule has 0 spiro atoms. The first-order chi connectivity index (χ1) is 12.3. The lowest BCUT2D eigenvalue weighted by molar-refractivity contribution is -0.117. The zero-order valence-corrected chi connectivity index (χ0v) is 16.4. The van der Waals surface area contributed by atoms with E-state index in [4.69, 9.17) is 11.6 Å². The smallest absolute Gasteiger partial charge is 0.240 e. The van der Waals surface area contributed by atoms with Crippen LogP contribution in [0.5, 0.6) is 0 Å². The van der Waals surface area contributed by atoms with Crippen LogP contribution in [0.4, 0.5) is 5.69 Å². The van der Waals surface area contributed by atoms with E-state index in [1.807, 2.05) is 24.3 Å². The second kappa shape index (κ2) is 7.32. The lowest BCUT2D eigenvalue weighted by Crippen LogP contribution is -2.21. The molecule has 1 unspecified atom stereocenters. The van der Waals surface area contributed by atoms with Crippen LogP contribution in [0.15, 0.2) is 47.4 Å². The molecular weight excluding hydrogens is 394 g/mol. The summed E-state index contributed by atoms with van der Waals surface area (Å²) in [6, 6.07) is 11.8. The van der Waals surface area contributed by atoms with Crippen LogP contribution < -0.4 is 10.0 Å². The molecular formula is C17H16ClN3O3S2. The fourth-order valence-electron chi connectivity index (χ4n) is 2.31. The fraction of sp³-hybridized carbons (Fsp3) is 0.176. The molecule has 0 aliphatic heterocycles. The van der Waals surface area contributed by atoms with Crippen LogP contribution in [0.1, 0.15) is 17.8 Å². The summed E-state index contributed by atoms with van der Waals surface area (Å²) >= 11 is 7.55. The highest BCUT2D eigenvalue weighted by Gasteiger charge is 2.21. The summed E-state index contributed by atoms with van der Waals surface area (Å²) in [6.07, 6.45) is 0. The number of carbonyl (C=O) groups excluding carboxylic acids is 1. The van der Waals surface area contributed by atoms with E-state index in [9.17, 15) is 13.2 Å². The SMILES string of the molecule is CNS(=O)(=O)c1ccc(Cl)c(NC(=O)C(C)c2nc3ccccc3s2)c1. The molecule has 1 atom stereocenters. The molecule has 0 radical (unpaired) electrons. The number of carbonyl (C=O) groups is 1. The standard InChI is InChI=1S/C17H16ClN3O3S2/c1-10(17-21-13-5-3-4-6-15(13)25-17)16(22)20-14-9-11(7-8-12(14)18)26(23,24)19-2/h3-10,19H,1-2H3,(H,20,22). The van der Waals surface area contributed by atoms with Gasteiger partial charge >= 0.3 is 0 Å². The van der Waals surface area contributed by atoms with Gasteiger partial charge in [-0.3, -0.25) is 4.79 Å². The quantitative estimate of drug-likeness (QED) is 0.673. The molecule has 0 bridgehead atoms. The Hall–Kier alpha value is -2.00. The second-order valence-corrected chi connectivity index (χ2v) is 8.94. The van der Waals surface area contributed by atoms with Crippen LogP contribution in [0.2, 0.25) is 5.02 Å². The fourth-order valence-corrected chi connectivity index (χ4v) is 4.25. The third-order valence-electron chi connectivity index (χ3n) is 3.85. The van der Waals surface area contributed by atoms with Gasteiger partial charge in [0.2, 0.25) is 15.9 Å². The summed E-state index contributed by atoms with van der Waals surface area (Å²) in [4.78, 5) is 17.1. The molecule has 0 saturated carbocycles. The van der Waals surface area contributed by atoms with E-state index < -0.39 is 15.9 Å². The molecule has 2 aromatic carbocycles. The maximum absolute atomic E-state index is 12.6. The maximum atomic E-state index is 12.6. The van der Waals surface area contributed by atoms with E-state index in [1.54, 1.807) is 6.92 Å². The second-order valence-electron chi connectivity index (χ2n) is 5.58. The first-order valence-corrected chi connectivity index (χ1v) is 10.4. The van der Waals surface area contributed by atoms with Gasteiger partial charge in [0.1, 0.15) is 5.01 Å². The van der Waals surface area contributed by atoms with Crippen molar-refractivity contribution >= 4 is 54.8 Å². The van der Waals surface area contributed by atoms with Gasteiger partial charge in [-0.15, -0.1) is 11.3 Å². The van der Waals surface area contributed by atoms with Crippen LogP contribution in [-0.2, 0) is 14.8 Å². The number of nitrogens with zero attached hydrogens (tertiary/aromatic N) is 1. The van der Waals surface area contributed by atoms with E-state index in [2.05, 4.69) is 15.0 Å². The Balaban J connectivity index is 1.86. The van der Waals surface area contributed by atoms with E-state index >= 15 is 0 Å². The Kier molecular flexibility index (Phi) is 5.29. The monoisotopic (exact) mass is 409 g/mol. The molecule has 26 heavy (non-hydrogen) atoms. The number of fused-ring (bicyclic) bond motifs is 1. The molecule has 136 valence electrons. The molecule has 2 N–H and O–H groups in total. The van der Waals surface area contributed by atoms with Crippen LogP contribution in [0, 0.1) is 0 Å². The number of halogens is 1. The van der Waals surface area contributed by atoms with Crippen molar-refractivity contribution in [3.63, 3.8) is 0 Å². The van der Waals surface area contributed by atoms with Crippen molar-refractivity contribution in [1.82, 2.24) is 9.71 Å². The highest BCUT2D eigenvalue weighted by Crippen LogP contribution is 2.30. The topological polar surface area (TPSA) is 88.2 Å². The molecule has 0 fully saturated rings. The van der Waals surface area contributed by atoms with Gasteiger partial charge in [0.25, 0.3) is 0 Å². The average molecular weight is 410 g/mol. The maximum Gasteiger partial charge on any atom is 0.240 e. The van der Waals surface area contributed by atoms with Gasteiger partial charge < -0.3 is 5.32 Å². The van der Waals surface area contributed by atoms with Crippen molar-refractivity contribution in [1.29, 1.82) is 0 Å². The number of benzene rings is 2. The minimum Gasteiger partial charge on any atom is -0.324 e. The molecule has 1 aromatic heterocycles. The number of anilines is 1. The van der Waals surface area contributed by atoms with Crippen molar-refractivity contribution in [2.75, 3.05) is 12.4 Å². The predicted molar refractivity (Wildman–Crippen MR) is 104 cm³/mol. The summed E-state index contributed by atoms with van der Waals surface area (Å²) < 4.78 is 27.1. The normalized spacial score (nSPS) is 12.9. The molecule has 0 aliphatic rings. The Labute approximate surface area is 160 Å². The van der Waals surface area contributed by atoms with Crippen molar-refractivity contribution in [3.05, 3.63) is 52.5 Å². The molecule has 3 rings (SSSR count). The highest BCUT2D eigenvalue weighted by molar-refractivity contribution is 7.89. The summed E-state index contributed by atoms with van der Waals surface area (Å²) in [5, 5.41) is 3.63. The Morgan fingerprint density at radius 1 is 1.23 bits per heavy atom. The van der Waals surface area contributed by atoms with Crippen LogP contribution in [-0.4, -0.2) is 26.4 Å². The van der Waals surface area contributed by atoms with Crippen molar-refractivity contribution in [2.45, 2.75) is 17.7 Å². The lowest BCUT2D eigenvalue weighted by atomic mass is 10.1. The number of amides is 1. The number of rotatable bonds is 5. The Morgan fingerprint density at radius 2 is 1.96 bits per heavy atom. The molecule has 3 aromatic rings. The summed E-state index contributed by atoms with van der Waals surface area (Å²) in [7, 11) is -2.32. The third-order valence-corrected chi connectivity index (χ3v) is 6.81. The first kappa shape index (κ1) is 18.8.